The number of hydrogen-bond acceptors (Lipinski definition) is 1. The van der Waals surface area contributed by atoms with Crippen LogP contribution in [0.3, 0.4) is 0 Å². The lowest BCUT2D eigenvalue weighted by atomic mass is 9.69. The molecule has 1 unspecified atom stereocenters. The van der Waals surface area contributed by atoms with Crippen LogP contribution in [0.5, 0.6) is 0 Å². The Morgan fingerprint density at radius 3 is 2.41 bits per heavy atom. The van der Waals surface area contributed by atoms with Gasteiger partial charge in [-0.3, -0.25) is 0 Å². The van der Waals surface area contributed by atoms with E-state index in [0.717, 1.165) is 19.0 Å². The first-order valence-corrected chi connectivity index (χ1v) is 7.42. The molecule has 0 aliphatic carbocycles. The van der Waals surface area contributed by atoms with Gasteiger partial charge in [0, 0.05) is 23.0 Å². The number of benzene rings is 1. The van der Waals surface area contributed by atoms with Gasteiger partial charge < -0.3 is 5.32 Å². The molecular formula is C15H22BrN. The highest BCUT2D eigenvalue weighted by Crippen LogP contribution is 2.36. The summed E-state index contributed by atoms with van der Waals surface area (Å²) in [6.07, 6.45) is 3.96. The van der Waals surface area contributed by atoms with Gasteiger partial charge in [0.15, 0.2) is 0 Å². The van der Waals surface area contributed by atoms with Crippen LogP contribution in [0.4, 0.5) is 0 Å². The molecule has 1 aromatic carbocycles. The van der Waals surface area contributed by atoms with Crippen molar-refractivity contribution in [1.82, 2.24) is 5.32 Å². The van der Waals surface area contributed by atoms with Gasteiger partial charge in [-0.25, -0.2) is 0 Å². The van der Waals surface area contributed by atoms with Gasteiger partial charge >= 0.3 is 0 Å². The predicted octanol–water partition coefficient (Wildman–Crippen LogP) is 4.12. The van der Waals surface area contributed by atoms with Gasteiger partial charge in [0.2, 0.25) is 0 Å². The van der Waals surface area contributed by atoms with Crippen molar-refractivity contribution in [3.8, 4) is 0 Å². The topological polar surface area (TPSA) is 12.0 Å². The van der Waals surface area contributed by atoms with Crippen molar-refractivity contribution in [2.45, 2.75) is 38.5 Å². The van der Waals surface area contributed by atoms with Gasteiger partial charge in [-0.15, -0.1) is 0 Å². The van der Waals surface area contributed by atoms with E-state index in [9.17, 15) is 0 Å². The first-order valence-electron chi connectivity index (χ1n) is 6.63. The molecule has 0 amide bonds. The average Bonchev–Trinajstić information content (AvgIpc) is 2.25. The highest BCUT2D eigenvalue weighted by molar-refractivity contribution is 9.10. The minimum atomic E-state index is 0.398. The molecule has 1 nitrogen and oxygen atoms in total. The van der Waals surface area contributed by atoms with Crippen LogP contribution in [0.15, 0.2) is 28.7 Å². The lowest BCUT2D eigenvalue weighted by Crippen LogP contribution is -2.57. The standard InChI is InChI=1S/C15H22BrN/c1-3-4-12(2)9-15(10-17-11-15)13-5-7-14(16)8-6-13/h5-8,12,17H,3-4,9-11H2,1-2H3. The molecule has 1 heterocycles. The molecule has 2 rings (SSSR count). The first-order chi connectivity index (χ1) is 8.16. The van der Waals surface area contributed by atoms with Crippen LogP contribution in [0.1, 0.15) is 38.7 Å². The Bertz CT molecular complexity index is 354. The molecule has 1 aliphatic heterocycles. The van der Waals surface area contributed by atoms with Crippen LogP contribution in [-0.2, 0) is 5.41 Å². The Hall–Kier alpha value is -0.340. The van der Waals surface area contributed by atoms with E-state index in [0.29, 0.717) is 5.41 Å². The van der Waals surface area contributed by atoms with Crippen molar-refractivity contribution in [3.63, 3.8) is 0 Å². The van der Waals surface area contributed by atoms with Gasteiger partial charge in [0.05, 0.1) is 0 Å². The van der Waals surface area contributed by atoms with Crippen LogP contribution < -0.4 is 5.32 Å². The summed E-state index contributed by atoms with van der Waals surface area (Å²) in [7, 11) is 0. The van der Waals surface area contributed by atoms with E-state index >= 15 is 0 Å². The molecule has 0 aromatic heterocycles. The minimum absolute atomic E-state index is 0.398. The molecule has 94 valence electrons. The predicted molar refractivity (Wildman–Crippen MR) is 77.4 cm³/mol. The third-order valence-corrected chi connectivity index (χ3v) is 4.43. The Morgan fingerprint density at radius 1 is 1.29 bits per heavy atom. The number of nitrogens with one attached hydrogen (secondary N) is 1. The zero-order valence-corrected chi connectivity index (χ0v) is 12.4. The molecule has 1 saturated heterocycles. The SMILES string of the molecule is CCCC(C)CC1(c2ccc(Br)cc2)CNC1. The first kappa shape index (κ1) is 13.1. The normalized spacial score (nSPS) is 19.7. The van der Waals surface area contributed by atoms with Crippen LogP contribution in [-0.4, -0.2) is 13.1 Å². The van der Waals surface area contributed by atoms with E-state index in [1.807, 2.05) is 0 Å². The van der Waals surface area contributed by atoms with Crippen molar-refractivity contribution >= 4 is 15.9 Å². The minimum Gasteiger partial charge on any atom is -0.315 e. The van der Waals surface area contributed by atoms with Gasteiger partial charge in [0.25, 0.3) is 0 Å². The highest BCUT2D eigenvalue weighted by Gasteiger charge is 2.39. The molecular weight excluding hydrogens is 274 g/mol. The van der Waals surface area contributed by atoms with Crippen molar-refractivity contribution in [3.05, 3.63) is 34.3 Å². The zero-order valence-electron chi connectivity index (χ0n) is 10.8. The van der Waals surface area contributed by atoms with Crippen LogP contribution in [0.25, 0.3) is 0 Å². The molecule has 1 fully saturated rings. The molecule has 1 aromatic rings. The summed E-state index contributed by atoms with van der Waals surface area (Å²) in [5.74, 6) is 0.825. The monoisotopic (exact) mass is 295 g/mol. The second kappa shape index (κ2) is 5.53. The fourth-order valence-electron chi connectivity index (χ4n) is 2.96. The smallest absolute Gasteiger partial charge is 0.0205 e. The molecule has 0 radical (unpaired) electrons. The molecule has 0 spiro atoms. The van der Waals surface area contributed by atoms with Crippen molar-refractivity contribution in [2.24, 2.45) is 5.92 Å². The summed E-state index contributed by atoms with van der Waals surface area (Å²) in [4.78, 5) is 0. The van der Waals surface area contributed by atoms with E-state index in [1.165, 1.54) is 29.3 Å². The summed E-state index contributed by atoms with van der Waals surface area (Å²) < 4.78 is 1.17. The van der Waals surface area contributed by atoms with Crippen molar-refractivity contribution in [1.29, 1.82) is 0 Å². The van der Waals surface area contributed by atoms with Gasteiger partial charge in [-0.1, -0.05) is 54.8 Å². The molecule has 1 aliphatic rings. The van der Waals surface area contributed by atoms with E-state index in [4.69, 9.17) is 0 Å². The number of halogens is 1. The molecule has 0 bridgehead atoms. The Kier molecular flexibility index (Phi) is 4.26. The number of rotatable bonds is 5. The fraction of sp³-hybridized carbons (Fsp3) is 0.600. The maximum absolute atomic E-state index is 3.51. The van der Waals surface area contributed by atoms with Gasteiger partial charge in [0.1, 0.15) is 0 Å². The summed E-state index contributed by atoms with van der Waals surface area (Å²) >= 11 is 3.51. The lowest BCUT2D eigenvalue weighted by Gasteiger charge is -2.45. The molecule has 1 atom stereocenters. The summed E-state index contributed by atoms with van der Waals surface area (Å²) in [6.45, 7) is 6.95. The van der Waals surface area contributed by atoms with E-state index < -0.39 is 0 Å². The van der Waals surface area contributed by atoms with Gasteiger partial charge in [-0.2, -0.15) is 0 Å². The Labute approximate surface area is 113 Å². The Morgan fingerprint density at radius 2 is 1.94 bits per heavy atom. The van der Waals surface area contributed by atoms with Crippen LogP contribution in [0.2, 0.25) is 0 Å². The summed E-state index contributed by atoms with van der Waals surface area (Å²) in [5.41, 5.74) is 1.90. The quantitative estimate of drug-likeness (QED) is 0.862. The van der Waals surface area contributed by atoms with E-state index in [-0.39, 0.29) is 0 Å². The van der Waals surface area contributed by atoms with E-state index in [2.05, 4.69) is 59.4 Å². The largest absolute Gasteiger partial charge is 0.315 e. The third kappa shape index (κ3) is 2.92. The second-order valence-electron chi connectivity index (χ2n) is 5.49. The molecule has 1 N–H and O–H groups in total. The maximum Gasteiger partial charge on any atom is 0.0205 e. The highest BCUT2D eigenvalue weighted by atomic mass is 79.9. The molecule has 0 saturated carbocycles. The summed E-state index contributed by atoms with van der Waals surface area (Å²) in [5, 5.41) is 3.45. The van der Waals surface area contributed by atoms with Crippen LogP contribution in [0, 0.1) is 5.92 Å². The average molecular weight is 296 g/mol. The summed E-state index contributed by atoms with van der Waals surface area (Å²) in [6, 6.07) is 8.90. The third-order valence-electron chi connectivity index (χ3n) is 3.90. The van der Waals surface area contributed by atoms with Crippen LogP contribution >= 0.6 is 15.9 Å². The second-order valence-corrected chi connectivity index (χ2v) is 6.40. The maximum atomic E-state index is 3.51. The van der Waals surface area contributed by atoms with Gasteiger partial charge in [-0.05, 0) is 30.0 Å². The molecule has 2 heteroatoms. The van der Waals surface area contributed by atoms with E-state index in [1.54, 1.807) is 0 Å². The fourth-order valence-corrected chi connectivity index (χ4v) is 3.22. The van der Waals surface area contributed by atoms with Crippen molar-refractivity contribution in [2.75, 3.05) is 13.1 Å². The molecule has 17 heavy (non-hydrogen) atoms. The Balaban J connectivity index is 2.11. The lowest BCUT2D eigenvalue weighted by molar-refractivity contribution is 0.218. The van der Waals surface area contributed by atoms with Crippen molar-refractivity contribution < 1.29 is 0 Å². The zero-order chi connectivity index (χ0) is 12.3. The number of hydrogen-bond donors (Lipinski definition) is 1.